The molecule has 0 unspecified atom stereocenters. The topological polar surface area (TPSA) is 145 Å². The van der Waals surface area contributed by atoms with Crippen LogP contribution < -0.4 is 26.3 Å². The smallest absolute Gasteiger partial charge is 0.414 e. The van der Waals surface area contributed by atoms with Gasteiger partial charge in [-0.2, -0.15) is 15.4 Å². The first-order chi connectivity index (χ1) is 16.0. The van der Waals surface area contributed by atoms with Crippen molar-refractivity contribution in [1.82, 2.24) is 31.2 Å². The lowest BCUT2D eigenvalue weighted by Crippen LogP contribution is -2.47. The minimum absolute atomic E-state index is 0.0625. The largest absolute Gasteiger partial charge is 0.443 e. The first kappa shape index (κ1) is 22.8. The Morgan fingerprint density at radius 3 is 2.73 bits per heavy atom. The number of cyclic esters (lactones) is 1. The third kappa shape index (κ3) is 5.18. The van der Waals surface area contributed by atoms with Crippen LogP contribution in [-0.4, -0.2) is 84.3 Å². The Balaban J connectivity index is 1.37. The van der Waals surface area contributed by atoms with Crippen molar-refractivity contribution in [3.05, 3.63) is 35.7 Å². The molecule has 14 heteroatoms. The Bertz CT molecular complexity index is 968. The number of hydrogen-bond donors (Lipinski definition) is 4. The molecule has 2 saturated heterocycles. The molecule has 5 N–H and O–H groups in total. The molecule has 2 aromatic rings. The van der Waals surface area contributed by atoms with Gasteiger partial charge in [0.1, 0.15) is 11.8 Å². The fourth-order valence-corrected chi connectivity index (χ4v) is 3.74. The minimum atomic E-state index is -0.803. The van der Waals surface area contributed by atoms with Gasteiger partial charge in [-0.1, -0.05) is 0 Å². The molecule has 12 nitrogen and oxygen atoms in total. The van der Waals surface area contributed by atoms with Crippen molar-refractivity contribution in [1.29, 1.82) is 0 Å². The Kier molecular flexibility index (Phi) is 6.96. The number of carbonyl (C=O) groups excluding carboxylic acids is 2. The molecular weight excluding hydrogens is 440 g/mol. The molecule has 33 heavy (non-hydrogen) atoms. The number of amides is 2. The number of nitrogens with two attached hydrogens (primary N) is 1. The van der Waals surface area contributed by atoms with Crippen LogP contribution >= 0.6 is 0 Å². The molecular formula is C19H25F2N9O3. The van der Waals surface area contributed by atoms with Crippen LogP contribution in [0.1, 0.15) is 5.69 Å². The number of aromatic nitrogens is 3. The third-order valence-corrected chi connectivity index (χ3v) is 5.39. The van der Waals surface area contributed by atoms with Crippen LogP contribution in [0.25, 0.3) is 0 Å². The quantitative estimate of drug-likeness (QED) is 0.418. The number of aromatic amines is 1. The van der Waals surface area contributed by atoms with Gasteiger partial charge in [-0.15, -0.1) is 0 Å². The average Bonchev–Trinajstić information content (AvgIpc) is 3.37. The lowest BCUT2D eigenvalue weighted by Gasteiger charge is -2.25. The lowest BCUT2D eigenvalue weighted by molar-refractivity contribution is -0.133. The third-order valence-electron chi connectivity index (χ3n) is 5.39. The molecule has 3 heterocycles. The number of hydrogen-bond acceptors (Lipinski definition) is 9. The summed E-state index contributed by atoms with van der Waals surface area (Å²) in [7, 11) is 0. The monoisotopic (exact) mass is 465 g/mol. The molecule has 178 valence electrons. The number of ether oxygens (including phenoxy) is 1. The fourth-order valence-electron chi connectivity index (χ4n) is 3.74. The van der Waals surface area contributed by atoms with Crippen molar-refractivity contribution < 1.29 is 23.1 Å². The Morgan fingerprint density at radius 2 is 2.06 bits per heavy atom. The van der Waals surface area contributed by atoms with Gasteiger partial charge in [0.25, 0.3) is 5.91 Å². The van der Waals surface area contributed by atoms with Crippen LogP contribution in [-0.2, 0) is 16.1 Å². The highest BCUT2D eigenvalue weighted by Gasteiger charge is 2.33. The number of hydrazine groups is 1. The fraction of sp³-hybridized carbons (Fsp3) is 0.474. The maximum Gasteiger partial charge on any atom is 0.414 e. The van der Waals surface area contributed by atoms with Crippen molar-refractivity contribution in [3.8, 4) is 0 Å². The van der Waals surface area contributed by atoms with Crippen molar-refractivity contribution in [2.24, 2.45) is 5.73 Å². The predicted molar refractivity (Wildman–Crippen MR) is 113 cm³/mol. The second kappa shape index (κ2) is 10.1. The van der Waals surface area contributed by atoms with E-state index in [0.29, 0.717) is 18.8 Å². The zero-order chi connectivity index (χ0) is 23.4. The molecule has 2 aliphatic heterocycles. The number of benzene rings is 1. The van der Waals surface area contributed by atoms with Crippen LogP contribution in [0.2, 0.25) is 0 Å². The van der Waals surface area contributed by atoms with Gasteiger partial charge in [-0.3, -0.25) is 14.7 Å². The highest BCUT2D eigenvalue weighted by molar-refractivity contribution is 5.90. The van der Waals surface area contributed by atoms with Crippen LogP contribution in [0.5, 0.6) is 0 Å². The van der Waals surface area contributed by atoms with Crippen molar-refractivity contribution in [2.45, 2.75) is 12.6 Å². The van der Waals surface area contributed by atoms with Crippen LogP contribution in [0.15, 0.2) is 18.3 Å². The summed E-state index contributed by atoms with van der Waals surface area (Å²) in [6.45, 7) is 1.73. The van der Waals surface area contributed by atoms with Crippen molar-refractivity contribution in [2.75, 3.05) is 55.6 Å². The Labute approximate surface area is 188 Å². The molecule has 2 aliphatic rings. The van der Waals surface area contributed by atoms with E-state index in [2.05, 4.69) is 26.2 Å². The standard InChI is InChI=1S/C19H25F2N9O3/c20-15-5-13(29-11-14(7-22)33-19(29)32)6-16(21)18(15)28-2-1-25-30(4-3-28)17(31)10-23-8-12-9-24-27-26-12/h5-6,9,14,23,25H,1-4,7-8,10-11,22H2,(H,24,26,27)/t14-/m0/s1. The van der Waals surface area contributed by atoms with E-state index in [4.69, 9.17) is 10.5 Å². The van der Waals surface area contributed by atoms with E-state index in [9.17, 15) is 18.4 Å². The van der Waals surface area contributed by atoms with E-state index >= 15 is 0 Å². The van der Waals surface area contributed by atoms with Crippen molar-refractivity contribution >= 4 is 23.4 Å². The second-order valence-corrected chi connectivity index (χ2v) is 7.62. The molecule has 2 fully saturated rings. The average molecular weight is 465 g/mol. The van der Waals surface area contributed by atoms with Crippen LogP contribution in [0, 0.1) is 11.6 Å². The molecule has 1 aromatic carbocycles. The number of halogens is 2. The second-order valence-electron chi connectivity index (χ2n) is 7.62. The highest BCUT2D eigenvalue weighted by Crippen LogP contribution is 2.31. The van der Waals surface area contributed by atoms with E-state index in [1.807, 2.05) is 0 Å². The Hall–Kier alpha value is -3.36. The van der Waals surface area contributed by atoms with Crippen LogP contribution in [0.3, 0.4) is 0 Å². The molecule has 0 spiro atoms. The maximum atomic E-state index is 14.9. The van der Waals surface area contributed by atoms with Gasteiger partial charge in [0.15, 0.2) is 11.6 Å². The molecule has 1 atom stereocenters. The van der Waals surface area contributed by atoms with Gasteiger partial charge >= 0.3 is 6.09 Å². The number of anilines is 2. The van der Waals surface area contributed by atoms with Gasteiger partial charge < -0.3 is 20.7 Å². The summed E-state index contributed by atoms with van der Waals surface area (Å²) in [5.41, 5.74) is 9.02. The zero-order valence-corrected chi connectivity index (χ0v) is 17.8. The van der Waals surface area contributed by atoms with Gasteiger partial charge in [-0.05, 0) is 0 Å². The van der Waals surface area contributed by atoms with E-state index in [-0.39, 0.29) is 56.6 Å². The minimum Gasteiger partial charge on any atom is -0.443 e. The summed E-state index contributed by atoms with van der Waals surface area (Å²) in [5.74, 6) is -1.82. The predicted octanol–water partition coefficient (Wildman–Crippen LogP) is -0.690. The lowest BCUT2D eigenvalue weighted by atomic mass is 10.2. The number of nitrogens with one attached hydrogen (secondary N) is 3. The van der Waals surface area contributed by atoms with Gasteiger partial charge in [0.05, 0.1) is 37.2 Å². The van der Waals surface area contributed by atoms with Gasteiger partial charge in [-0.25, -0.2) is 19.0 Å². The Morgan fingerprint density at radius 1 is 1.27 bits per heavy atom. The van der Waals surface area contributed by atoms with E-state index in [1.165, 1.54) is 9.91 Å². The number of carbonyl (C=O) groups is 2. The molecule has 1 aromatic heterocycles. The SMILES string of the molecule is NC[C@H]1CN(c2cc(F)c(N3CCNN(C(=O)CNCc4cn[nH]n4)CC3)c(F)c2)C(=O)O1. The van der Waals surface area contributed by atoms with E-state index in [1.54, 1.807) is 6.20 Å². The highest BCUT2D eigenvalue weighted by atomic mass is 19.1. The van der Waals surface area contributed by atoms with E-state index in [0.717, 1.165) is 17.0 Å². The van der Waals surface area contributed by atoms with Crippen molar-refractivity contribution in [3.63, 3.8) is 0 Å². The summed E-state index contributed by atoms with van der Waals surface area (Å²) in [6, 6.07) is 2.21. The molecule has 0 bridgehead atoms. The van der Waals surface area contributed by atoms with Gasteiger partial charge in [0.2, 0.25) is 0 Å². The first-order valence-corrected chi connectivity index (χ1v) is 10.5. The number of rotatable bonds is 7. The van der Waals surface area contributed by atoms with Gasteiger partial charge in [0, 0.05) is 44.9 Å². The number of H-pyrrole nitrogens is 1. The summed E-state index contributed by atoms with van der Waals surface area (Å²) in [6.07, 6.45) is 0.341. The maximum absolute atomic E-state index is 14.9. The summed E-state index contributed by atoms with van der Waals surface area (Å²) in [4.78, 5) is 27.1. The molecule has 0 radical (unpaired) electrons. The summed E-state index contributed by atoms with van der Waals surface area (Å²) >= 11 is 0. The summed E-state index contributed by atoms with van der Waals surface area (Å²) < 4.78 is 34.9. The molecule has 0 aliphatic carbocycles. The van der Waals surface area contributed by atoms with E-state index < -0.39 is 23.8 Å². The summed E-state index contributed by atoms with van der Waals surface area (Å²) in [5, 5.41) is 14.5. The number of nitrogens with zero attached hydrogens (tertiary/aromatic N) is 5. The molecule has 4 rings (SSSR count). The zero-order valence-electron chi connectivity index (χ0n) is 17.8. The molecule has 2 amide bonds. The normalized spacial score (nSPS) is 19.1. The first-order valence-electron chi connectivity index (χ1n) is 10.5. The van der Waals surface area contributed by atoms with Crippen LogP contribution in [0.4, 0.5) is 25.0 Å². The molecule has 0 saturated carbocycles.